The van der Waals surface area contributed by atoms with Crippen molar-refractivity contribution in [3.63, 3.8) is 0 Å². The van der Waals surface area contributed by atoms with Gasteiger partial charge in [-0.1, -0.05) is 0 Å². The highest BCUT2D eigenvalue weighted by Crippen LogP contribution is 2.40. The number of nitrogens with zero attached hydrogens (tertiary/aromatic N) is 2. The van der Waals surface area contributed by atoms with Crippen LogP contribution < -0.4 is 15.4 Å². The van der Waals surface area contributed by atoms with Crippen LogP contribution in [0.4, 0.5) is 19.3 Å². The Balaban J connectivity index is 1.57. The summed E-state index contributed by atoms with van der Waals surface area (Å²) < 4.78 is 40.7. The predicted octanol–water partition coefficient (Wildman–Crippen LogP) is 2.82. The lowest BCUT2D eigenvalue weighted by Crippen LogP contribution is -2.57. The minimum Gasteiger partial charge on any atom is -0.488 e. The van der Waals surface area contributed by atoms with E-state index in [1.807, 2.05) is 25.7 Å². The van der Waals surface area contributed by atoms with E-state index in [0.29, 0.717) is 13.1 Å². The van der Waals surface area contributed by atoms with Gasteiger partial charge in [-0.3, -0.25) is 4.90 Å². The van der Waals surface area contributed by atoms with Crippen LogP contribution in [0.5, 0.6) is 5.75 Å². The number of halogens is 2. The molecule has 154 valence electrons. The molecule has 3 aliphatic rings. The molecule has 4 rings (SSSR count). The van der Waals surface area contributed by atoms with E-state index in [-0.39, 0.29) is 54.2 Å². The summed E-state index contributed by atoms with van der Waals surface area (Å²) in [4.78, 5) is 16.2. The topological polar surface area (TPSA) is 68.0 Å². The summed E-state index contributed by atoms with van der Waals surface area (Å²) in [7, 11) is 0. The second-order valence-electron chi connectivity index (χ2n) is 8.95. The normalized spacial score (nSPS) is 26.7. The lowest BCUT2D eigenvalue weighted by molar-refractivity contribution is 0.0123. The number of piperazine rings is 1. The van der Waals surface area contributed by atoms with Crippen LogP contribution in [0.2, 0.25) is 0 Å². The smallest absolute Gasteiger partial charge is 0.410 e. The number of amides is 1. The number of hydrogen-bond donors (Lipinski definition) is 1. The summed E-state index contributed by atoms with van der Waals surface area (Å²) in [5.74, 6) is -1.07. The zero-order chi connectivity index (χ0) is 20.2. The first kappa shape index (κ1) is 19.2. The minimum atomic E-state index is -0.570. The first-order valence-electron chi connectivity index (χ1n) is 9.79. The van der Waals surface area contributed by atoms with Gasteiger partial charge in [0.2, 0.25) is 0 Å². The number of hydrogen-bond acceptors (Lipinski definition) is 5. The van der Waals surface area contributed by atoms with Crippen molar-refractivity contribution in [2.24, 2.45) is 5.73 Å². The molecule has 2 bridgehead atoms. The molecule has 0 radical (unpaired) electrons. The highest BCUT2D eigenvalue weighted by atomic mass is 19.1. The van der Waals surface area contributed by atoms with Crippen LogP contribution in [0.1, 0.15) is 39.2 Å². The largest absolute Gasteiger partial charge is 0.488 e. The molecular weight excluding hydrogens is 368 g/mol. The van der Waals surface area contributed by atoms with Crippen molar-refractivity contribution in [3.8, 4) is 5.75 Å². The Morgan fingerprint density at radius 3 is 2.50 bits per heavy atom. The van der Waals surface area contributed by atoms with Gasteiger partial charge in [0.15, 0.2) is 11.6 Å². The van der Waals surface area contributed by atoms with Gasteiger partial charge < -0.3 is 20.1 Å². The molecular formula is C20H27F2N3O3. The maximum atomic E-state index is 15.1. The first-order valence-corrected chi connectivity index (χ1v) is 9.79. The summed E-state index contributed by atoms with van der Waals surface area (Å²) in [5.41, 5.74) is 5.63. The molecule has 3 unspecified atom stereocenters. The molecule has 2 N–H and O–H groups in total. The van der Waals surface area contributed by atoms with Crippen LogP contribution in [-0.4, -0.2) is 54.4 Å². The second kappa shape index (κ2) is 6.76. The predicted molar refractivity (Wildman–Crippen MR) is 101 cm³/mol. The van der Waals surface area contributed by atoms with Crippen molar-refractivity contribution < 1.29 is 23.0 Å². The molecule has 28 heavy (non-hydrogen) atoms. The maximum Gasteiger partial charge on any atom is 0.410 e. The van der Waals surface area contributed by atoms with Crippen molar-refractivity contribution in [1.29, 1.82) is 0 Å². The zero-order valence-corrected chi connectivity index (χ0v) is 16.5. The highest BCUT2D eigenvalue weighted by Gasteiger charge is 2.45. The van der Waals surface area contributed by atoms with Crippen molar-refractivity contribution >= 4 is 11.8 Å². The first-order chi connectivity index (χ1) is 13.1. The minimum absolute atomic E-state index is 0.0291. The quantitative estimate of drug-likeness (QED) is 0.792. The van der Waals surface area contributed by atoms with Crippen molar-refractivity contribution in [3.05, 3.63) is 23.3 Å². The number of rotatable bonds is 1. The molecule has 3 aliphatic heterocycles. The van der Waals surface area contributed by atoms with Crippen LogP contribution in [0.15, 0.2) is 6.07 Å². The van der Waals surface area contributed by atoms with Gasteiger partial charge in [0.25, 0.3) is 0 Å². The number of benzene rings is 1. The standard InChI is InChI=1S/C20H27F2N3O3/c1-20(2,3)28-19(26)25-12-4-5-13(25)9-24(8-12)16-7-15(21)14-6-11(23)10-27-18(14)17(16)22/h7,11-13H,4-6,8-10,23H2,1-3H3. The van der Waals surface area contributed by atoms with Gasteiger partial charge in [-0.2, -0.15) is 0 Å². The Bertz CT molecular complexity index is 782. The van der Waals surface area contributed by atoms with Gasteiger partial charge >= 0.3 is 6.09 Å². The van der Waals surface area contributed by atoms with Gasteiger partial charge in [-0.25, -0.2) is 13.6 Å². The van der Waals surface area contributed by atoms with Crippen LogP contribution in [0.25, 0.3) is 0 Å². The van der Waals surface area contributed by atoms with E-state index < -0.39 is 17.2 Å². The molecule has 0 saturated carbocycles. The molecule has 1 aromatic rings. The van der Waals surface area contributed by atoms with Crippen LogP contribution in [0, 0.1) is 11.6 Å². The van der Waals surface area contributed by atoms with E-state index in [1.165, 1.54) is 6.07 Å². The fraction of sp³-hybridized carbons (Fsp3) is 0.650. The van der Waals surface area contributed by atoms with E-state index in [1.54, 1.807) is 4.90 Å². The lowest BCUT2D eigenvalue weighted by Gasteiger charge is -2.42. The highest BCUT2D eigenvalue weighted by molar-refractivity contribution is 5.70. The second-order valence-corrected chi connectivity index (χ2v) is 8.95. The molecule has 6 nitrogen and oxygen atoms in total. The number of carbonyl (C=O) groups is 1. The van der Waals surface area contributed by atoms with E-state index >= 15 is 4.39 Å². The SMILES string of the molecule is CC(C)(C)OC(=O)N1C2CCC1CN(c1cc(F)c3c(c1F)OCC(N)C3)C2. The Morgan fingerprint density at radius 1 is 1.25 bits per heavy atom. The molecule has 3 atom stereocenters. The molecule has 0 aromatic heterocycles. The summed E-state index contributed by atoms with van der Waals surface area (Å²) in [6.07, 6.45) is 1.56. The Kier molecular flexibility index (Phi) is 4.64. The van der Waals surface area contributed by atoms with Gasteiger partial charge in [-0.05, 0) is 40.0 Å². The Labute approximate surface area is 163 Å². The number of carbonyl (C=O) groups excluding carboxylic acids is 1. The third-order valence-corrected chi connectivity index (χ3v) is 5.59. The third-order valence-electron chi connectivity index (χ3n) is 5.59. The van der Waals surface area contributed by atoms with E-state index in [0.717, 1.165) is 12.8 Å². The van der Waals surface area contributed by atoms with Crippen molar-refractivity contribution in [1.82, 2.24) is 4.90 Å². The lowest BCUT2D eigenvalue weighted by atomic mass is 10.0. The van der Waals surface area contributed by atoms with Crippen molar-refractivity contribution in [2.75, 3.05) is 24.6 Å². The fourth-order valence-electron chi connectivity index (χ4n) is 4.42. The Hall–Kier alpha value is -2.09. The van der Waals surface area contributed by atoms with Gasteiger partial charge in [0.05, 0.1) is 17.8 Å². The summed E-state index contributed by atoms with van der Waals surface area (Å²) in [6.45, 7) is 6.54. The van der Waals surface area contributed by atoms with E-state index in [4.69, 9.17) is 15.2 Å². The van der Waals surface area contributed by atoms with E-state index in [2.05, 4.69) is 0 Å². The number of anilines is 1. The number of ether oxygens (including phenoxy) is 2. The third kappa shape index (κ3) is 3.38. The number of nitrogens with two attached hydrogens (primary N) is 1. The van der Waals surface area contributed by atoms with Crippen LogP contribution in [-0.2, 0) is 11.2 Å². The van der Waals surface area contributed by atoms with Crippen molar-refractivity contribution in [2.45, 2.75) is 63.8 Å². The maximum absolute atomic E-state index is 15.1. The Morgan fingerprint density at radius 2 is 1.89 bits per heavy atom. The van der Waals surface area contributed by atoms with Gasteiger partial charge in [-0.15, -0.1) is 0 Å². The average Bonchev–Trinajstić information content (AvgIpc) is 2.87. The summed E-state index contributed by atoms with van der Waals surface area (Å²) >= 11 is 0. The molecule has 2 fully saturated rings. The van der Waals surface area contributed by atoms with Gasteiger partial charge in [0.1, 0.15) is 18.0 Å². The molecule has 0 spiro atoms. The summed E-state index contributed by atoms with van der Waals surface area (Å²) in [5, 5.41) is 0. The summed E-state index contributed by atoms with van der Waals surface area (Å²) in [6, 6.07) is 0.737. The number of fused-ring (bicyclic) bond motifs is 3. The molecule has 8 heteroatoms. The molecule has 1 amide bonds. The molecule has 1 aromatic carbocycles. The fourth-order valence-corrected chi connectivity index (χ4v) is 4.42. The molecule has 3 heterocycles. The average molecular weight is 395 g/mol. The van der Waals surface area contributed by atoms with Crippen LogP contribution in [0.3, 0.4) is 0 Å². The monoisotopic (exact) mass is 395 g/mol. The van der Waals surface area contributed by atoms with E-state index in [9.17, 15) is 9.18 Å². The van der Waals surface area contributed by atoms with Gasteiger partial charge in [0, 0.05) is 30.8 Å². The molecule has 2 saturated heterocycles. The zero-order valence-electron chi connectivity index (χ0n) is 16.5. The van der Waals surface area contributed by atoms with Crippen LogP contribution >= 0.6 is 0 Å². The molecule has 0 aliphatic carbocycles.